The van der Waals surface area contributed by atoms with Crippen LogP contribution in [0, 0.1) is 5.92 Å². The highest BCUT2D eigenvalue weighted by atomic mass is 28.4. The highest BCUT2D eigenvalue weighted by Crippen LogP contribution is 2.39. The van der Waals surface area contributed by atoms with Crippen molar-refractivity contribution in [1.29, 1.82) is 0 Å². The van der Waals surface area contributed by atoms with Gasteiger partial charge in [-0.2, -0.15) is 0 Å². The minimum absolute atomic E-state index is 0.00759. The van der Waals surface area contributed by atoms with E-state index in [4.69, 9.17) is 4.43 Å². The second kappa shape index (κ2) is 12.0. The molecule has 5 rings (SSSR count). The van der Waals surface area contributed by atoms with Crippen molar-refractivity contribution in [3.63, 3.8) is 0 Å². The topological polar surface area (TPSA) is 126 Å². The van der Waals surface area contributed by atoms with Gasteiger partial charge in [0.15, 0.2) is 19.9 Å². The number of aromatic nitrogens is 4. The van der Waals surface area contributed by atoms with E-state index in [1.807, 2.05) is 6.92 Å². The number of carbonyl (C=O) groups excluding carboxylic acids is 3. The average Bonchev–Trinajstić information content (AvgIpc) is 3.30. The zero-order chi connectivity index (χ0) is 33.8. The Hall–Kier alpha value is -4.03. The summed E-state index contributed by atoms with van der Waals surface area (Å²) in [4.78, 5) is 60.1. The third kappa shape index (κ3) is 6.26. The van der Waals surface area contributed by atoms with Crippen LogP contribution < -0.4 is 16.7 Å². The van der Waals surface area contributed by atoms with Crippen LogP contribution in [0.4, 0.5) is 0 Å². The molecule has 1 amide bonds. The summed E-state index contributed by atoms with van der Waals surface area (Å²) in [6.07, 6.45) is -0.0247. The number of nitrogens with one attached hydrogen (secondary N) is 1. The molecule has 1 fully saturated rings. The standard InChI is InChI=1S/C22H33N3O4Si.C11H12N2O2/c1-13(29-30(7,8)22(2,3)4)19-15(23-20(19)27)12-18(26)14-9-10-16-17(11-14)25(6)21(28)24(16)5;1-7(14)8-4-5-9-10(6-8)13(3)11(15)12(9)2/h9-11,13,15,19H,12H2,1-8H3,(H,23,27);4-6H,1-3H3/t13-,15-,19-;/m1./s1. The molecule has 242 valence electrons. The van der Waals surface area contributed by atoms with Gasteiger partial charge < -0.3 is 9.74 Å². The van der Waals surface area contributed by atoms with E-state index >= 15 is 0 Å². The molecule has 1 aliphatic heterocycles. The lowest BCUT2D eigenvalue weighted by molar-refractivity contribution is -0.139. The fourth-order valence-electron chi connectivity index (χ4n) is 5.61. The molecule has 0 aliphatic carbocycles. The largest absolute Gasteiger partial charge is 0.413 e. The Morgan fingerprint density at radius 2 is 1.27 bits per heavy atom. The van der Waals surface area contributed by atoms with Crippen LogP contribution in [0.25, 0.3) is 22.1 Å². The van der Waals surface area contributed by atoms with Crippen LogP contribution in [0.3, 0.4) is 0 Å². The molecule has 0 unspecified atom stereocenters. The van der Waals surface area contributed by atoms with Crippen LogP contribution in [-0.4, -0.2) is 56.2 Å². The van der Waals surface area contributed by atoms with E-state index in [0.717, 1.165) is 22.1 Å². The predicted molar refractivity (Wildman–Crippen MR) is 178 cm³/mol. The van der Waals surface area contributed by atoms with Gasteiger partial charge in [-0.15, -0.1) is 0 Å². The number of aryl methyl sites for hydroxylation is 4. The number of fused-ring (bicyclic) bond motifs is 2. The molecule has 0 bridgehead atoms. The van der Waals surface area contributed by atoms with Gasteiger partial charge >= 0.3 is 11.4 Å². The van der Waals surface area contributed by atoms with Gasteiger partial charge in [0.25, 0.3) is 0 Å². The highest BCUT2D eigenvalue weighted by Gasteiger charge is 2.47. The lowest BCUT2D eigenvalue weighted by Crippen LogP contribution is -2.64. The first-order valence-electron chi connectivity index (χ1n) is 15.1. The van der Waals surface area contributed by atoms with Gasteiger partial charge in [0, 0.05) is 45.7 Å². The number of hydrogen-bond acceptors (Lipinski definition) is 6. The lowest BCUT2D eigenvalue weighted by atomic mass is 9.82. The molecule has 0 radical (unpaired) electrons. The number of nitrogens with zero attached hydrogens (tertiary/aromatic N) is 4. The first-order valence-corrected chi connectivity index (χ1v) is 18.0. The van der Waals surface area contributed by atoms with E-state index < -0.39 is 8.32 Å². The number of β-lactam (4-membered cyclic amide) rings is 1. The maximum Gasteiger partial charge on any atom is 0.328 e. The molecular formula is C33H45N5O6Si. The van der Waals surface area contributed by atoms with Crippen LogP contribution in [0.1, 0.15) is 61.8 Å². The SMILES string of the molecule is CC(=O)c1ccc2c(c1)n(C)c(=O)n2C.C[C@@H](O[Si](C)(C)C(C)(C)C)[C@H]1C(=O)N[C@@H]1CC(=O)c1ccc2c(c1)n(C)c(=O)n2C. The van der Waals surface area contributed by atoms with E-state index in [0.29, 0.717) is 11.1 Å². The molecule has 0 spiro atoms. The van der Waals surface area contributed by atoms with Gasteiger partial charge in [0.05, 0.1) is 40.1 Å². The molecule has 3 heterocycles. The normalized spacial score (nSPS) is 17.4. The van der Waals surface area contributed by atoms with E-state index in [9.17, 15) is 24.0 Å². The van der Waals surface area contributed by atoms with Crippen LogP contribution in [-0.2, 0) is 37.4 Å². The summed E-state index contributed by atoms with van der Waals surface area (Å²) in [5.74, 6) is -0.427. The Labute approximate surface area is 263 Å². The van der Waals surface area contributed by atoms with Crippen LogP contribution in [0.5, 0.6) is 0 Å². The zero-order valence-electron chi connectivity index (χ0n) is 28.1. The first kappa shape index (κ1) is 33.9. The Morgan fingerprint density at radius 1 is 0.822 bits per heavy atom. The summed E-state index contributed by atoms with van der Waals surface area (Å²) in [5, 5.41) is 2.93. The fourth-order valence-corrected chi connectivity index (χ4v) is 7.04. The number of hydrogen-bond donors (Lipinski definition) is 1. The first-order chi connectivity index (χ1) is 20.8. The molecule has 1 saturated heterocycles. The third-order valence-electron chi connectivity index (χ3n) is 9.53. The van der Waals surface area contributed by atoms with Crippen molar-refractivity contribution in [2.75, 3.05) is 0 Å². The van der Waals surface area contributed by atoms with Gasteiger partial charge in [-0.05, 0) is 68.4 Å². The van der Waals surface area contributed by atoms with Crippen molar-refractivity contribution in [1.82, 2.24) is 23.6 Å². The minimum atomic E-state index is -2.02. The smallest absolute Gasteiger partial charge is 0.328 e. The summed E-state index contributed by atoms with van der Waals surface area (Å²) >= 11 is 0. The second-order valence-corrected chi connectivity index (χ2v) is 18.4. The highest BCUT2D eigenvalue weighted by molar-refractivity contribution is 6.74. The molecule has 11 nitrogen and oxygen atoms in total. The minimum Gasteiger partial charge on any atom is -0.413 e. The number of amides is 1. The molecule has 4 aromatic rings. The van der Waals surface area contributed by atoms with Gasteiger partial charge in [-0.25, -0.2) is 9.59 Å². The van der Waals surface area contributed by atoms with E-state index in [1.165, 1.54) is 11.5 Å². The number of imidazole rings is 2. The Morgan fingerprint density at radius 3 is 1.71 bits per heavy atom. The van der Waals surface area contributed by atoms with Crippen molar-refractivity contribution in [3.8, 4) is 0 Å². The summed E-state index contributed by atoms with van der Waals surface area (Å²) in [6, 6.07) is 10.3. The van der Waals surface area contributed by atoms with Gasteiger partial charge in [0.2, 0.25) is 5.91 Å². The second-order valence-electron chi connectivity index (χ2n) is 13.6. The summed E-state index contributed by atoms with van der Waals surface area (Å²) in [5.41, 5.74) is 4.10. The fraction of sp³-hybridized carbons (Fsp3) is 0.485. The number of benzene rings is 2. The summed E-state index contributed by atoms with van der Waals surface area (Å²) in [6.45, 7) is 14.3. The van der Waals surface area contributed by atoms with Crippen LogP contribution in [0.15, 0.2) is 46.0 Å². The molecule has 2 aromatic heterocycles. The van der Waals surface area contributed by atoms with E-state index in [2.05, 4.69) is 39.2 Å². The monoisotopic (exact) mass is 635 g/mol. The molecule has 12 heteroatoms. The van der Waals surface area contributed by atoms with Gasteiger partial charge in [-0.3, -0.25) is 32.7 Å². The summed E-state index contributed by atoms with van der Waals surface area (Å²) < 4.78 is 12.6. The Balaban J connectivity index is 0.000000256. The number of carbonyl (C=O) groups is 3. The van der Waals surface area contributed by atoms with E-state index in [1.54, 1.807) is 78.3 Å². The molecule has 0 saturated carbocycles. The van der Waals surface area contributed by atoms with Gasteiger partial charge in [-0.1, -0.05) is 20.8 Å². The van der Waals surface area contributed by atoms with Crippen molar-refractivity contribution in [3.05, 3.63) is 68.5 Å². The number of ketones is 2. The Kier molecular flexibility index (Phi) is 9.06. The van der Waals surface area contributed by atoms with Gasteiger partial charge in [0.1, 0.15) is 0 Å². The van der Waals surface area contributed by atoms with Crippen LogP contribution >= 0.6 is 0 Å². The number of rotatable bonds is 7. The van der Waals surface area contributed by atoms with Crippen molar-refractivity contribution < 1.29 is 18.8 Å². The molecular weight excluding hydrogens is 590 g/mol. The molecule has 1 aliphatic rings. The quantitative estimate of drug-likeness (QED) is 0.186. The molecule has 3 atom stereocenters. The summed E-state index contributed by atoms with van der Waals surface area (Å²) in [7, 11) is 4.82. The predicted octanol–water partition coefficient (Wildman–Crippen LogP) is 4.05. The lowest BCUT2D eigenvalue weighted by Gasteiger charge is -2.45. The molecule has 45 heavy (non-hydrogen) atoms. The average molecular weight is 636 g/mol. The molecule has 1 N–H and O–H groups in total. The van der Waals surface area contributed by atoms with Crippen molar-refractivity contribution in [2.24, 2.45) is 34.1 Å². The zero-order valence-corrected chi connectivity index (χ0v) is 29.1. The van der Waals surface area contributed by atoms with Crippen LogP contribution in [0.2, 0.25) is 18.1 Å². The van der Waals surface area contributed by atoms with Crippen molar-refractivity contribution >= 4 is 47.9 Å². The maximum absolute atomic E-state index is 12.9. The Bertz CT molecular complexity index is 1940. The van der Waals surface area contributed by atoms with E-state index in [-0.39, 0.29) is 58.4 Å². The third-order valence-corrected chi connectivity index (χ3v) is 14.1. The number of Topliss-reactive ketones (excluding diaryl/α,β-unsaturated/α-hetero) is 2. The molecule has 2 aromatic carbocycles. The maximum atomic E-state index is 12.9. The van der Waals surface area contributed by atoms with Crippen molar-refractivity contribution in [2.45, 2.75) is 71.3 Å².